The van der Waals surface area contributed by atoms with Gasteiger partial charge in [-0.2, -0.15) is 0 Å². The summed E-state index contributed by atoms with van der Waals surface area (Å²) in [6, 6.07) is 18.4. The van der Waals surface area contributed by atoms with Crippen LogP contribution in [0.15, 0.2) is 72.8 Å². The predicted octanol–water partition coefficient (Wildman–Crippen LogP) is 4.58. The average molecular weight is 447 g/mol. The lowest BCUT2D eigenvalue weighted by Crippen LogP contribution is -2.43. The van der Waals surface area contributed by atoms with Crippen LogP contribution >= 0.6 is 0 Å². The first-order valence-corrected chi connectivity index (χ1v) is 10.6. The van der Waals surface area contributed by atoms with Crippen molar-refractivity contribution in [3.05, 3.63) is 89.7 Å². The van der Waals surface area contributed by atoms with Gasteiger partial charge < -0.3 is 9.84 Å². The zero-order valence-electron chi connectivity index (χ0n) is 17.7. The van der Waals surface area contributed by atoms with Crippen LogP contribution in [0, 0.1) is 5.82 Å². The highest BCUT2D eigenvalue weighted by atomic mass is 19.1. The van der Waals surface area contributed by atoms with Gasteiger partial charge in [-0.25, -0.2) is 9.18 Å². The average Bonchev–Trinajstić information content (AvgIpc) is 3.01. The Bertz CT molecular complexity index is 1160. The molecular weight excluding hydrogens is 425 g/mol. The number of aromatic hydroxyl groups is 1. The highest BCUT2D eigenvalue weighted by Crippen LogP contribution is 2.23. The topological polar surface area (TPSA) is 83.9 Å². The molecule has 1 N–H and O–H groups in total. The third-order valence-electron chi connectivity index (χ3n) is 5.55. The molecule has 1 heterocycles. The summed E-state index contributed by atoms with van der Waals surface area (Å²) >= 11 is 0. The number of amides is 2. The fourth-order valence-corrected chi connectivity index (χ4v) is 3.72. The fourth-order valence-electron chi connectivity index (χ4n) is 3.72. The number of likely N-dealkylation sites (tertiary alicyclic amines) is 1. The van der Waals surface area contributed by atoms with Crippen molar-refractivity contribution in [3.63, 3.8) is 0 Å². The molecule has 2 amide bonds. The van der Waals surface area contributed by atoms with Gasteiger partial charge in [0.05, 0.1) is 5.56 Å². The number of nitrogens with zero attached hydrogens (tertiary/aromatic N) is 1. The standard InChI is InChI=1S/C26H22FNO5/c27-21-12-8-19(9-13-21)24(30)28-16-2-1-3-23(25(28)31)33-26(32)20-6-4-17(5-7-20)18-10-14-22(29)15-11-18/h4-15,23,29H,1-3,16H2. The van der Waals surface area contributed by atoms with Crippen LogP contribution in [0.5, 0.6) is 5.75 Å². The highest BCUT2D eigenvalue weighted by molar-refractivity contribution is 6.06. The third kappa shape index (κ3) is 5.09. The highest BCUT2D eigenvalue weighted by Gasteiger charge is 2.34. The third-order valence-corrected chi connectivity index (χ3v) is 5.55. The number of carbonyl (C=O) groups is 3. The summed E-state index contributed by atoms with van der Waals surface area (Å²) in [6.07, 6.45) is 0.467. The van der Waals surface area contributed by atoms with Gasteiger partial charge in [0.25, 0.3) is 11.8 Å². The zero-order chi connectivity index (χ0) is 23.4. The lowest BCUT2D eigenvalue weighted by Gasteiger charge is -2.22. The molecule has 0 aromatic heterocycles. The maximum atomic E-state index is 13.2. The Morgan fingerprint density at radius 2 is 1.42 bits per heavy atom. The molecule has 6 nitrogen and oxygen atoms in total. The van der Waals surface area contributed by atoms with Crippen molar-refractivity contribution in [3.8, 4) is 16.9 Å². The van der Waals surface area contributed by atoms with Crippen molar-refractivity contribution in [2.45, 2.75) is 25.4 Å². The van der Waals surface area contributed by atoms with Gasteiger partial charge in [0.1, 0.15) is 11.6 Å². The molecule has 3 aromatic carbocycles. The maximum Gasteiger partial charge on any atom is 0.338 e. The number of hydrogen-bond donors (Lipinski definition) is 1. The summed E-state index contributed by atoms with van der Waals surface area (Å²) in [5.74, 6) is -2.07. The molecule has 0 spiro atoms. The summed E-state index contributed by atoms with van der Waals surface area (Å²) < 4.78 is 18.7. The van der Waals surface area contributed by atoms with E-state index in [4.69, 9.17) is 4.74 Å². The Hall–Kier alpha value is -4.00. The molecule has 168 valence electrons. The van der Waals surface area contributed by atoms with E-state index in [-0.39, 0.29) is 23.4 Å². The SMILES string of the molecule is O=C(OC1CCCCN(C(=O)c2ccc(F)cc2)C1=O)c1ccc(-c2ccc(O)cc2)cc1. The van der Waals surface area contributed by atoms with Crippen molar-refractivity contribution in [2.75, 3.05) is 6.54 Å². The number of esters is 1. The molecule has 1 aliphatic rings. The smallest absolute Gasteiger partial charge is 0.338 e. The summed E-state index contributed by atoms with van der Waals surface area (Å²) in [7, 11) is 0. The van der Waals surface area contributed by atoms with Crippen molar-refractivity contribution in [2.24, 2.45) is 0 Å². The number of phenolic OH excluding ortho intramolecular Hbond substituents is 1. The van der Waals surface area contributed by atoms with Crippen LogP contribution in [-0.4, -0.2) is 40.4 Å². The molecule has 7 heteroatoms. The van der Waals surface area contributed by atoms with Crippen molar-refractivity contribution in [1.82, 2.24) is 4.90 Å². The minimum absolute atomic E-state index is 0.166. The Morgan fingerprint density at radius 3 is 2.06 bits per heavy atom. The van der Waals surface area contributed by atoms with Crippen LogP contribution in [0.3, 0.4) is 0 Å². The van der Waals surface area contributed by atoms with Crippen LogP contribution < -0.4 is 0 Å². The molecular formula is C26H22FNO5. The summed E-state index contributed by atoms with van der Waals surface area (Å²) in [5, 5.41) is 9.42. The number of benzene rings is 3. The monoisotopic (exact) mass is 447 g/mol. The van der Waals surface area contributed by atoms with E-state index in [2.05, 4.69) is 0 Å². The largest absolute Gasteiger partial charge is 0.508 e. The maximum absolute atomic E-state index is 13.2. The first kappa shape index (κ1) is 22.2. The van der Waals surface area contributed by atoms with E-state index in [0.717, 1.165) is 28.2 Å². The second-order valence-corrected chi connectivity index (χ2v) is 7.82. The van der Waals surface area contributed by atoms with E-state index in [1.807, 2.05) is 0 Å². The van der Waals surface area contributed by atoms with Gasteiger partial charge >= 0.3 is 5.97 Å². The number of rotatable bonds is 4. The normalized spacial score (nSPS) is 16.2. The second kappa shape index (κ2) is 9.65. The molecule has 3 aromatic rings. The molecule has 1 atom stereocenters. The van der Waals surface area contributed by atoms with Gasteiger partial charge in [-0.15, -0.1) is 0 Å². The molecule has 0 bridgehead atoms. The van der Waals surface area contributed by atoms with E-state index >= 15 is 0 Å². The number of imide groups is 1. The second-order valence-electron chi connectivity index (χ2n) is 7.82. The molecule has 1 fully saturated rings. The lowest BCUT2D eigenvalue weighted by atomic mass is 10.0. The Kier molecular flexibility index (Phi) is 6.49. The molecule has 1 aliphatic heterocycles. The van der Waals surface area contributed by atoms with Crippen LogP contribution in [0.1, 0.15) is 40.0 Å². The van der Waals surface area contributed by atoms with Gasteiger partial charge in [0, 0.05) is 12.1 Å². The van der Waals surface area contributed by atoms with Crippen LogP contribution in [0.2, 0.25) is 0 Å². The Morgan fingerprint density at radius 1 is 0.848 bits per heavy atom. The van der Waals surface area contributed by atoms with Crippen LogP contribution in [0.25, 0.3) is 11.1 Å². The lowest BCUT2D eigenvalue weighted by molar-refractivity contribution is -0.137. The van der Waals surface area contributed by atoms with Gasteiger partial charge in [-0.05, 0) is 78.9 Å². The van der Waals surface area contributed by atoms with Gasteiger partial charge in [-0.1, -0.05) is 24.3 Å². The van der Waals surface area contributed by atoms with E-state index < -0.39 is 29.7 Å². The Balaban J connectivity index is 1.46. The minimum atomic E-state index is -1.07. The van der Waals surface area contributed by atoms with Crippen molar-refractivity contribution < 1.29 is 28.6 Å². The molecule has 0 saturated carbocycles. The van der Waals surface area contributed by atoms with E-state index in [9.17, 15) is 23.9 Å². The first-order valence-electron chi connectivity index (χ1n) is 10.6. The fraction of sp³-hybridized carbons (Fsp3) is 0.192. The van der Waals surface area contributed by atoms with Gasteiger partial charge in [-0.3, -0.25) is 14.5 Å². The minimum Gasteiger partial charge on any atom is -0.508 e. The van der Waals surface area contributed by atoms with Gasteiger partial charge in [0.2, 0.25) is 0 Å². The summed E-state index contributed by atoms with van der Waals surface area (Å²) in [4.78, 5) is 39.6. The van der Waals surface area contributed by atoms with Gasteiger partial charge in [0.15, 0.2) is 6.10 Å². The predicted molar refractivity (Wildman–Crippen MR) is 119 cm³/mol. The number of hydrogen-bond acceptors (Lipinski definition) is 5. The molecule has 33 heavy (non-hydrogen) atoms. The van der Waals surface area contributed by atoms with E-state index in [0.29, 0.717) is 19.3 Å². The summed E-state index contributed by atoms with van der Waals surface area (Å²) in [5.41, 5.74) is 2.21. The number of ether oxygens (including phenoxy) is 1. The van der Waals surface area contributed by atoms with E-state index in [1.54, 1.807) is 48.5 Å². The van der Waals surface area contributed by atoms with Crippen molar-refractivity contribution >= 4 is 17.8 Å². The number of phenols is 1. The first-order chi connectivity index (χ1) is 15.9. The van der Waals surface area contributed by atoms with Crippen LogP contribution in [0.4, 0.5) is 4.39 Å². The molecule has 0 radical (unpaired) electrons. The number of halogens is 1. The van der Waals surface area contributed by atoms with E-state index in [1.165, 1.54) is 12.1 Å². The molecule has 0 aliphatic carbocycles. The quantitative estimate of drug-likeness (QED) is 0.468. The molecule has 1 unspecified atom stereocenters. The van der Waals surface area contributed by atoms with Crippen molar-refractivity contribution in [1.29, 1.82) is 0 Å². The molecule has 1 saturated heterocycles. The molecule has 4 rings (SSSR count). The van der Waals surface area contributed by atoms with Crippen LogP contribution in [-0.2, 0) is 9.53 Å². The number of carbonyl (C=O) groups excluding carboxylic acids is 3. The summed E-state index contributed by atoms with van der Waals surface area (Å²) in [6.45, 7) is 0.213. The Labute approximate surface area is 190 Å². The zero-order valence-corrected chi connectivity index (χ0v) is 17.7.